The van der Waals surface area contributed by atoms with Gasteiger partial charge < -0.3 is 10.5 Å². The summed E-state index contributed by atoms with van der Waals surface area (Å²) >= 11 is 11.9. The van der Waals surface area contributed by atoms with Crippen LogP contribution in [0.5, 0.6) is 5.75 Å². The molecule has 0 spiro atoms. The van der Waals surface area contributed by atoms with Crippen molar-refractivity contribution in [2.75, 3.05) is 26.2 Å². The lowest BCUT2D eigenvalue weighted by molar-refractivity contribution is 0.127. The smallest absolute Gasteiger partial charge is 0.138 e. The van der Waals surface area contributed by atoms with Crippen LogP contribution in [-0.4, -0.2) is 37.2 Å². The Bertz CT molecular complexity index is 414. The molecule has 1 saturated heterocycles. The van der Waals surface area contributed by atoms with Gasteiger partial charge in [-0.1, -0.05) is 29.6 Å². The van der Waals surface area contributed by atoms with Gasteiger partial charge in [0.2, 0.25) is 0 Å². The van der Waals surface area contributed by atoms with Crippen molar-refractivity contribution in [1.29, 1.82) is 0 Å². The van der Waals surface area contributed by atoms with Gasteiger partial charge in [0.05, 0.1) is 5.02 Å². The average molecular weight is 303 g/mol. The topological polar surface area (TPSA) is 38.5 Å². The van der Waals surface area contributed by atoms with Crippen LogP contribution in [-0.2, 0) is 0 Å². The van der Waals surface area contributed by atoms with Gasteiger partial charge in [-0.3, -0.25) is 4.90 Å². The summed E-state index contributed by atoms with van der Waals surface area (Å²) in [5, 5.41) is 1.18. The highest BCUT2D eigenvalue weighted by Crippen LogP contribution is 2.27. The summed E-state index contributed by atoms with van der Waals surface area (Å²) in [6.45, 7) is 3.35. The molecule has 1 aromatic carbocycles. The standard InChI is InChI=1S/C14H20Cl2N2O/c15-11-4-5-14(13(16)9-11)19-8-7-18-6-2-1-3-12(18)10-17/h4-5,9,12H,1-3,6-8,10,17H2. The highest BCUT2D eigenvalue weighted by atomic mass is 35.5. The average Bonchev–Trinajstić information content (AvgIpc) is 2.42. The molecule has 0 aromatic heterocycles. The molecule has 1 unspecified atom stereocenters. The Morgan fingerprint density at radius 2 is 2.16 bits per heavy atom. The summed E-state index contributed by atoms with van der Waals surface area (Å²) in [7, 11) is 0. The minimum Gasteiger partial charge on any atom is -0.491 e. The molecule has 1 aliphatic heterocycles. The number of hydrogen-bond acceptors (Lipinski definition) is 3. The molecule has 106 valence electrons. The molecule has 0 saturated carbocycles. The predicted octanol–water partition coefficient (Wildman–Crippen LogP) is 3.19. The van der Waals surface area contributed by atoms with Crippen LogP contribution in [0, 0.1) is 0 Å². The second-order valence-corrected chi connectivity index (χ2v) is 5.69. The highest BCUT2D eigenvalue weighted by molar-refractivity contribution is 6.35. The number of piperidine rings is 1. The van der Waals surface area contributed by atoms with E-state index in [9.17, 15) is 0 Å². The van der Waals surface area contributed by atoms with E-state index >= 15 is 0 Å². The number of nitrogens with two attached hydrogens (primary N) is 1. The monoisotopic (exact) mass is 302 g/mol. The Kier molecular flexibility index (Phi) is 5.76. The Balaban J connectivity index is 1.82. The Labute approximate surface area is 124 Å². The lowest BCUT2D eigenvalue weighted by Gasteiger charge is -2.34. The van der Waals surface area contributed by atoms with Crippen molar-refractivity contribution >= 4 is 23.2 Å². The van der Waals surface area contributed by atoms with Crippen molar-refractivity contribution in [1.82, 2.24) is 4.90 Å². The number of benzene rings is 1. The number of nitrogens with zero attached hydrogens (tertiary/aromatic N) is 1. The molecule has 5 heteroatoms. The van der Waals surface area contributed by atoms with E-state index in [1.54, 1.807) is 18.2 Å². The third-order valence-electron chi connectivity index (χ3n) is 3.55. The van der Waals surface area contributed by atoms with Crippen LogP contribution in [0.3, 0.4) is 0 Å². The summed E-state index contributed by atoms with van der Waals surface area (Å²) in [4.78, 5) is 2.41. The molecule has 2 N–H and O–H groups in total. The summed E-state index contributed by atoms with van der Waals surface area (Å²) in [6, 6.07) is 5.79. The minimum absolute atomic E-state index is 0.498. The van der Waals surface area contributed by atoms with E-state index in [1.807, 2.05) is 0 Å². The van der Waals surface area contributed by atoms with Gasteiger partial charge in [0, 0.05) is 24.2 Å². The Hall–Kier alpha value is -0.480. The maximum Gasteiger partial charge on any atom is 0.138 e. The first-order valence-corrected chi connectivity index (χ1v) is 7.48. The van der Waals surface area contributed by atoms with Gasteiger partial charge >= 0.3 is 0 Å². The molecule has 0 aliphatic carbocycles. The first-order valence-electron chi connectivity index (χ1n) is 6.72. The lowest BCUT2D eigenvalue weighted by atomic mass is 10.0. The molecule has 19 heavy (non-hydrogen) atoms. The number of halogens is 2. The van der Waals surface area contributed by atoms with E-state index in [-0.39, 0.29) is 0 Å². The fourth-order valence-electron chi connectivity index (χ4n) is 2.49. The van der Waals surface area contributed by atoms with Crippen molar-refractivity contribution in [3.05, 3.63) is 28.2 Å². The molecule has 0 radical (unpaired) electrons. The molecule has 3 nitrogen and oxygen atoms in total. The van der Waals surface area contributed by atoms with Crippen LogP contribution in [0.4, 0.5) is 0 Å². The van der Waals surface area contributed by atoms with Crippen LogP contribution in [0.25, 0.3) is 0 Å². The van der Waals surface area contributed by atoms with Gasteiger partial charge in [-0.05, 0) is 37.6 Å². The molecule has 1 fully saturated rings. The number of rotatable bonds is 5. The zero-order valence-electron chi connectivity index (χ0n) is 10.9. The SMILES string of the molecule is NCC1CCCCN1CCOc1ccc(Cl)cc1Cl. The van der Waals surface area contributed by atoms with Crippen molar-refractivity contribution < 1.29 is 4.74 Å². The van der Waals surface area contributed by atoms with Crippen molar-refractivity contribution in [2.45, 2.75) is 25.3 Å². The summed E-state index contributed by atoms with van der Waals surface area (Å²) in [6.07, 6.45) is 3.72. The van der Waals surface area contributed by atoms with Crippen LogP contribution in [0.2, 0.25) is 10.0 Å². The first-order chi connectivity index (χ1) is 9.20. The lowest BCUT2D eigenvalue weighted by Crippen LogP contribution is -2.45. The Morgan fingerprint density at radius 1 is 1.32 bits per heavy atom. The van der Waals surface area contributed by atoms with Crippen LogP contribution in [0.1, 0.15) is 19.3 Å². The van der Waals surface area contributed by atoms with E-state index in [2.05, 4.69) is 4.90 Å². The van der Waals surface area contributed by atoms with Gasteiger partial charge in [-0.2, -0.15) is 0 Å². The molecular formula is C14H20Cl2N2O. The minimum atomic E-state index is 0.498. The van der Waals surface area contributed by atoms with E-state index in [1.165, 1.54) is 19.3 Å². The molecule has 1 atom stereocenters. The molecule has 2 rings (SSSR count). The number of hydrogen-bond donors (Lipinski definition) is 1. The number of ether oxygens (including phenoxy) is 1. The maximum atomic E-state index is 6.06. The first kappa shape index (κ1) is 14.9. The molecule has 1 aromatic rings. The second kappa shape index (κ2) is 7.34. The van der Waals surface area contributed by atoms with Gasteiger partial charge in [0.1, 0.15) is 12.4 Å². The van der Waals surface area contributed by atoms with Crippen molar-refractivity contribution in [2.24, 2.45) is 5.73 Å². The van der Waals surface area contributed by atoms with Crippen molar-refractivity contribution in [3.63, 3.8) is 0 Å². The molecular weight excluding hydrogens is 283 g/mol. The van der Waals surface area contributed by atoms with Gasteiger partial charge in [-0.25, -0.2) is 0 Å². The third kappa shape index (κ3) is 4.25. The number of likely N-dealkylation sites (tertiary alicyclic amines) is 1. The Morgan fingerprint density at radius 3 is 2.89 bits per heavy atom. The predicted molar refractivity (Wildman–Crippen MR) is 80.2 cm³/mol. The van der Waals surface area contributed by atoms with E-state index in [0.29, 0.717) is 28.4 Å². The molecule has 0 bridgehead atoms. The fourth-order valence-corrected chi connectivity index (χ4v) is 2.95. The third-order valence-corrected chi connectivity index (χ3v) is 4.08. The summed E-state index contributed by atoms with van der Waals surface area (Å²) in [5.74, 6) is 0.687. The van der Waals surface area contributed by atoms with Crippen LogP contribution < -0.4 is 10.5 Å². The molecule has 1 heterocycles. The zero-order chi connectivity index (χ0) is 13.7. The van der Waals surface area contributed by atoms with E-state index < -0.39 is 0 Å². The molecule has 1 aliphatic rings. The van der Waals surface area contributed by atoms with E-state index in [0.717, 1.165) is 19.6 Å². The second-order valence-electron chi connectivity index (χ2n) is 4.84. The van der Waals surface area contributed by atoms with Gasteiger partial charge in [0.15, 0.2) is 0 Å². The van der Waals surface area contributed by atoms with E-state index in [4.69, 9.17) is 33.7 Å². The van der Waals surface area contributed by atoms with Crippen LogP contribution in [0.15, 0.2) is 18.2 Å². The fraction of sp³-hybridized carbons (Fsp3) is 0.571. The largest absolute Gasteiger partial charge is 0.491 e. The summed E-state index contributed by atoms with van der Waals surface area (Å²) in [5.41, 5.74) is 5.80. The zero-order valence-corrected chi connectivity index (χ0v) is 12.5. The highest BCUT2D eigenvalue weighted by Gasteiger charge is 2.20. The van der Waals surface area contributed by atoms with Crippen LogP contribution >= 0.6 is 23.2 Å². The quantitative estimate of drug-likeness (QED) is 0.908. The summed E-state index contributed by atoms with van der Waals surface area (Å²) < 4.78 is 5.71. The van der Waals surface area contributed by atoms with Gasteiger partial charge in [-0.15, -0.1) is 0 Å². The maximum absolute atomic E-state index is 6.06. The van der Waals surface area contributed by atoms with Crippen molar-refractivity contribution in [3.8, 4) is 5.75 Å². The van der Waals surface area contributed by atoms with Gasteiger partial charge in [0.25, 0.3) is 0 Å². The molecule has 0 amide bonds. The normalized spacial score (nSPS) is 20.5.